The van der Waals surface area contributed by atoms with E-state index in [1.807, 2.05) is 16.8 Å². The monoisotopic (exact) mass is 349 g/mol. The molecule has 3 aliphatic heterocycles. The van der Waals surface area contributed by atoms with Gasteiger partial charge < -0.3 is 15.1 Å². The number of likely N-dealkylation sites (N-methyl/N-ethyl adjacent to an activating group) is 1. The SMILES string of the molecule is CNCCN1C(=O)CC[C@H]2CN(C(=O)C3=NN(C)C(=O)CC3)CC[C@H]21. The van der Waals surface area contributed by atoms with E-state index in [1.165, 1.54) is 5.01 Å². The molecule has 0 saturated carbocycles. The van der Waals surface area contributed by atoms with Gasteiger partial charge >= 0.3 is 0 Å². The van der Waals surface area contributed by atoms with Crippen LogP contribution >= 0.6 is 0 Å². The van der Waals surface area contributed by atoms with E-state index in [1.54, 1.807) is 7.05 Å². The summed E-state index contributed by atoms with van der Waals surface area (Å²) in [6.45, 7) is 2.82. The summed E-state index contributed by atoms with van der Waals surface area (Å²) in [7, 11) is 3.48. The third-order valence-electron chi connectivity index (χ3n) is 5.49. The Hall–Kier alpha value is -1.96. The first-order valence-electron chi connectivity index (χ1n) is 9.08. The fourth-order valence-electron chi connectivity index (χ4n) is 4.06. The number of hydrazone groups is 1. The van der Waals surface area contributed by atoms with E-state index in [9.17, 15) is 14.4 Å². The third kappa shape index (κ3) is 3.68. The molecule has 0 unspecified atom stereocenters. The van der Waals surface area contributed by atoms with Gasteiger partial charge in [-0.15, -0.1) is 0 Å². The summed E-state index contributed by atoms with van der Waals surface area (Å²) in [4.78, 5) is 40.4. The molecule has 0 aromatic heterocycles. The zero-order chi connectivity index (χ0) is 18.0. The minimum absolute atomic E-state index is 0.0544. The van der Waals surface area contributed by atoms with Crippen molar-refractivity contribution >= 4 is 23.4 Å². The summed E-state index contributed by atoms with van der Waals surface area (Å²) in [5, 5.41) is 8.51. The van der Waals surface area contributed by atoms with Crippen LogP contribution in [0.1, 0.15) is 32.1 Å². The standard InChI is InChI=1S/C17H27N5O3/c1-18-8-10-22-14-7-9-21(11-12(14)3-5-16(22)24)17(25)13-4-6-15(23)20(2)19-13/h12,14,18H,3-11H2,1-2H3/t12-,14+/m0/s1. The first kappa shape index (κ1) is 17.8. The molecule has 25 heavy (non-hydrogen) atoms. The fraction of sp³-hybridized carbons (Fsp3) is 0.765. The van der Waals surface area contributed by atoms with Crippen molar-refractivity contribution in [3.63, 3.8) is 0 Å². The van der Waals surface area contributed by atoms with Gasteiger partial charge in [0.25, 0.3) is 5.91 Å². The zero-order valence-corrected chi connectivity index (χ0v) is 15.0. The van der Waals surface area contributed by atoms with Crippen molar-refractivity contribution in [3.8, 4) is 0 Å². The molecule has 8 nitrogen and oxygen atoms in total. The van der Waals surface area contributed by atoms with Crippen LogP contribution in [0.4, 0.5) is 0 Å². The maximum Gasteiger partial charge on any atom is 0.270 e. The number of amides is 3. The van der Waals surface area contributed by atoms with Crippen molar-refractivity contribution < 1.29 is 14.4 Å². The van der Waals surface area contributed by atoms with E-state index < -0.39 is 0 Å². The van der Waals surface area contributed by atoms with E-state index in [4.69, 9.17) is 0 Å². The molecule has 3 aliphatic rings. The number of nitrogens with zero attached hydrogens (tertiary/aromatic N) is 4. The Morgan fingerprint density at radius 3 is 2.72 bits per heavy atom. The molecule has 2 saturated heterocycles. The summed E-state index contributed by atoms with van der Waals surface area (Å²) >= 11 is 0. The molecular formula is C17H27N5O3. The Kier molecular flexibility index (Phi) is 5.36. The third-order valence-corrected chi connectivity index (χ3v) is 5.49. The van der Waals surface area contributed by atoms with Gasteiger partial charge in [0, 0.05) is 58.5 Å². The highest BCUT2D eigenvalue weighted by Gasteiger charge is 2.40. The van der Waals surface area contributed by atoms with E-state index in [0.717, 1.165) is 25.9 Å². The molecule has 0 aromatic carbocycles. The van der Waals surface area contributed by atoms with Crippen LogP contribution in [0.3, 0.4) is 0 Å². The Morgan fingerprint density at radius 1 is 1.20 bits per heavy atom. The minimum Gasteiger partial charge on any atom is -0.338 e. The fourth-order valence-corrected chi connectivity index (χ4v) is 4.06. The van der Waals surface area contributed by atoms with Crippen LogP contribution in [-0.2, 0) is 14.4 Å². The van der Waals surface area contributed by atoms with Crippen molar-refractivity contribution in [2.75, 3.05) is 40.3 Å². The van der Waals surface area contributed by atoms with Crippen LogP contribution in [0.15, 0.2) is 5.10 Å². The number of nitrogens with one attached hydrogen (secondary N) is 1. The maximum atomic E-state index is 12.8. The molecule has 0 radical (unpaired) electrons. The lowest BCUT2D eigenvalue weighted by Crippen LogP contribution is -2.58. The van der Waals surface area contributed by atoms with E-state index in [2.05, 4.69) is 10.4 Å². The number of rotatable bonds is 4. The average Bonchev–Trinajstić information content (AvgIpc) is 2.62. The van der Waals surface area contributed by atoms with E-state index in [-0.39, 0.29) is 23.8 Å². The van der Waals surface area contributed by atoms with Gasteiger partial charge in [0.1, 0.15) is 5.71 Å². The van der Waals surface area contributed by atoms with Crippen molar-refractivity contribution in [1.82, 2.24) is 20.1 Å². The van der Waals surface area contributed by atoms with Crippen molar-refractivity contribution in [3.05, 3.63) is 0 Å². The number of piperidine rings is 2. The van der Waals surface area contributed by atoms with Crippen LogP contribution in [0.5, 0.6) is 0 Å². The lowest BCUT2D eigenvalue weighted by molar-refractivity contribution is -0.142. The second kappa shape index (κ2) is 7.51. The number of fused-ring (bicyclic) bond motifs is 1. The number of likely N-dealkylation sites (tertiary alicyclic amines) is 2. The Bertz CT molecular complexity index is 591. The molecule has 2 atom stereocenters. The summed E-state index contributed by atoms with van der Waals surface area (Å²) in [5.41, 5.74) is 0.472. The molecule has 138 valence electrons. The van der Waals surface area contributed by atoms with Gasteiger partial charge in [0.15, 0.2) is 0 Å². The second-order valence-corrected chi connectivity index (χ2v) is 7.06. The summed E-state index contributed by atoms with van der Waals surface area (Å²) in [6.07, 6.45) is 2.97. The number of carbonyl (C=O) groups is 3. The largest absolute Gasteiger partial charge is 0.338 e. The second-order valence-electron chi connectivity index (χ2n) is 7.06. The quantitative estimate of drug-likeness (QED) is 0.752. The topological polar surface area (TPSA) is 85.3 Å². The van der Waals surface area contributed by atoms with E-state index in [0.29, 0.717) is 44.0 Å². The van der Waals surface area contributed by atoms with Gasteiger partial charge in [-0.3, -0.25) is 14.4 Å². The molecule has 0 spiro atoms. The minimum atomic E-state index is -0.0588. The van der Waals surface area contributed by atoms with Crippen molar-refractivity contribution in [2.24, 2.45) is 11.0 Å². The Balaban J connectivity index is 1.65. The highest BCUT2D eigenvalue weighted by Crippen LogP contribution is 2.31. The lowest BCUT2D eigenvalue weighted by atomic mass is 9.83. The van der Waals surface area contributed by atoms with Gasteiger partial charge in [-0.25, -0.2) is 5.01 Å². The molecule has 0 bridgehead atoms. The molecular weight excluding hydrogens is 322 g/mol. The number of carbonyl (C=O) groups excluding carboxylic acids is 3. The summed E-state index contributed by atoms with van der Waals surface area (Å²) < 4.78 is 0. The van der Waals surface area contributed by atoms with Gasteiger partial charge in [-0.1, -0.05) is 0 Å². The van der Waals surface area contributed by atoms with Crippen molar-refractivity contribution in [1.29, 1.82) is 0 Å². The smallest absolute Gasteiger partial charge is 0.270 e. The average molecular weight is 349 g/mol. The molecule has 8 heteroatoms. The van der Waals surface area contributed by atoms with Gasteiger partial charge in [-0.2, -0.15) is 5.10 Å². The van der Waals surface area contributed by atoms with Crippen LogP contribution in [0.2, 0.25) is 0 Å². The predicted molar refractivity (Wildman–Crippen MR) is 92.8 cm³/mol. The first-order valence-corrected chi connectivity index (χ1v) is 9.08. The number of hydrogen-bond donors (Lipinski definition) is 1. The zero-order valence-electron chi connectivity index (χ0n) is 15.0. The lowest BCUT2D eigenvalue weighted by Gasteiger charge is -2.47. The maximum absolute atomic E-state index is 12.8. The van der Waals surface area contributed by atoms with Gasteiger partial charge in [0.2, 0.25) is 11.8 Å². The highest BCUT2D eigenvalue weighted by atomic mass is 16.2. The predicted octanol–water partition coefficient (Wildman–Crippen LogP) is -0.346. The van der Waals surface area contributed by atoms with Gasteiger partial charge in [-0.05, 0) is 25.8 Å². The Labute approximate surface area is 148 Å². The van der Waals surface area contributed by atoms with E-state index >= 15 is 0 Å². The van der Waals surface area contributed by atoms with Crippen LogP contribution < -0.4 is 5.32 Å². The first-order chi connectivity index (χ1) is 12.0. The van der Waals surface area contributed by atoms with Crippen LogP contribution in [0.25, 0.3) is 0 Å². The normalized spacial score (nSPS) is 27.3. The molecule has 0 aliphatic carbocycles. The van der Waals surface area contributed by atoms with Gasteiger partial charge in [0.05, 0.1) is 0 Å². The highest BCUT2D eigenvalue weighted by molar-refractivity contribution is 6.39. The summed E-state index contributed by atoms with van der Waals surface area (Å²) in [6, 6.07) is 0.233. The molecule has 3 rings (SSSR count). The summed E-state index contributed by atoms with van der Waals surface area (Å²) in [5.74, 6) is 0.446. The molecule has 0 aromatic rings. The van der Waals surface area contributed by atoms with Crippen LogP contribution in [0, 0.1) is 5.92 Å². The van der Waals surface area contributed by atoms with Crippen molar-refractivity contribution in [2.45, 2.75) is 38.1 Å². The molecule has 1 N–H and O–H groups in total. The Morgan fingerprint density at radius 2 is 2.00 bits per heavy atom. The van der Waals surface area contributed by atoms with Crippen LogP contribution in [-0.4, -0.2) is 84.6 Å². The molecule has 3 amide bonds. The molecule has 3 heterocycles. The molecule has 2 fully saturated rings. The number of hydrogen-bond acceptors (Lipinski definition) is 5.